The van der Waals surface area contributed by atoms with E-state index in [0.717, 1.165) is 6.42 Å². The van der Waals surface area contributed by atoms with E-state index >= 15 is 0 Å². The highest BCUT2D eigenvalue weighted by Crippen LogP contribution is 2.75. The molecule has 1 saturated heterocycles. The molecule has 1 heterocycles. The molecule has 39 heavy (non-hydrogen) atoms. The molecule has 2 amide bonds. The van der Waals surface area contributed by atoms with Crippen LogP contribution in [0.3, 0.4) is 0 Å². The van der Waals surface area contributed by atoms with Gasteiger partial charge in [-0.3, -0.25) is 19.2 Å². The minimum Gasteiger partial charge on any atom is -0.390 e. The number of aliphatic hydroxyl groups is 4. The van der Waals surface area contributed by atoms with E-state index in [4.69, 9.17) is 0 Å². The van der Waals surface area contributed by atoms with Gasteiger partial charge in [-0.05, 0) is 79.4 Å². The Morgan fingerprint density at radius 2 is 1.36 bits per heavy atom. The zero-order chi connectivity index (χ0) is 29.6. The van der Waals surface area contributed by atoms with Crippen LogP contribution >= 0.6 is 0 Å². The maximum atomic E-state index is 13.0. The lowest BCUT2D eigenvalue weighted by Gasteiger charge is -2.60. The lowest BCUT2D eigenvalue weighted by Crippen LogP contribution is -2.90. The maximum Gasteiger partial charge on any atom is 0.320 e. The Kier molecular flexibility index (Phi) is 6.79. The Labute approximate surface area is 228 Å². The Hall–Kier alpha value is -2.21. The predicted octanol–water partition coefficient (Wildman–Crippen LogP) is 0.455. The minimum atomic E-state index is -3.43. The van der Waals surface area contributed by atoms with Crippen molar-refractivity contribution in [3.63, 3.8) is 0 Å². The summed E-state index contributed by atoms with van der Waals surface area (Å²) in [6.45, 7) is 11.6. The van der Waals surface area contributed by atoms with Crippen LogP contribution in [0.1, 0.15) is 73.6 Å². The number of urea groups is 1. The third-order valence-electron chi connectivity index (χ3n) is 11.1. The van der Waals surface area contributed by atoms with Gasteiger partial charge in [-0.25, -0.2) is 4.79 Å². The molecule has 0 bridgehead atoms. The number of ketones is 2. The zero-order valence-corrected chi connectivity index (χ0v) is 23.5. The zero-order valence-electron chi connectivity index (χ0n) is 23.5. The van der Waals surface area contributed by atoms with Gasteiger partial charge in [-0.2, -0.15) is 0 Å². The summed E-state index contributed by atoms with van der Waals surface area (Å²) < 4.78 is 0. The van der Waals surface area contributed by atoms with Gasteiger partial charge in [0, 0.05) is 5.92 Å². The standard InChI is InChI=1S/C28H42N2O9/c1-14(2)11-17(24(5)9-7-16-21(24)20-15(23(20,3)4)8-10-25(16,6)36)26(37)27(38,18(33)12-31)29-22(35)30-28(26,39)19(34)13-32/h12-17,20-21,36-39H,7-11H2,1-6H3,(H2,29,30,35). The summed E-state index contributed by atoms with van der Waals surface area (Å²) in [6, 6.07) is -1.42. The third-order valence-corrected chi connectivity index (χ3v) is 11.1. The Balaban J connectivity index is 2.02. The van der Waals surface area contributed by atoms with Crippen molar-refractivity contribution in [1.82, 2.24) is 10.6 Å². The largest absolute Gasteiger partial charge is 0.390 e. The fourth-order valence-corrected chi connectivity index (χ4v) is 9.10. The fourth-order valence-electron chi connectivity index (χ4n) is 9.10. The number of aldehydes is 2. The molecule has 4 fully saturated rings. The number of fused-ring (bicyclic) bond motifs is 3. The summed E-state index contributed by atoms with van der Waals surface area (Å²) in [6.07, 6.45) is 1.74. The van der Waals surface area contributed by atoms with Gasteiger partial charge in [0.05, 0.1) is 5.60 Å². The molecular weight excluding hydrogens is 508 g/mol. The second kappa shape index (κ2) is 8.89. The lowest BCUT2D eigenvalue weighted by atomic mass is 9.52. The van der Waals surface area contributed by atoms with Gasteiger partial charge in [0.1, 0.15) is 0 Å². The average molecular weight is 551 g/mol. The molecule has 11 heteroatoms. The summed E-state index contributed by atoms with van der Waals surface area (Å²) in [5.74, 6) is -5.03. The quantitative estimate of drug-likeness (QED) is 0.184. The predicted molar refractivity (Wildman–Crippen MR) is 137 cm³/mol. The third kappa shape index (κ3) is 3.79. The van der Waals surface area contributed by atoms with Crippen LogP contribution in [0.5, 0.6) is 0 Å². The molecule has 3 saturated carbocycles. The summed E-state index contributed by atoms with van der Waals surface area (Å²) in [5, 5.41) is 51.4. The van der Waals surface area contributed by atoms with Gasteiger partial charge in [-0.15, -0.1) is 0 Å². The van der Waals surface area contributed by atoms with Gasteiger partial charge in [-0.1, -0.05) is 34.6 Å². The lowest BCUT2D eigenvalue weighted by molar-refractivity contribution is -0.291. The van der Waals surface area contributed by atoms with Crippen molar-refractivity contribution in [2.45, 2.75) is 96.3 Å². The first-order valence-corrected chi connectivity index (χ1v) is 13.8. The van der Waals surface area contributed by atoms with Crippen molar-refractivity contribution >= 4 is 30.2 Å². The molecule has 0 spiro atoms. The van der Waals surface area contributed by atoms with E-state index in [-0.39, 0.29) is 54.0 Å². The summed E-state index contributed by atoms with van der Waals surface area (Å²) in [5.41, 5.74) is -12.3. The smallest absolute Gasteiger partial charge is 0.320 e. The van der Waals surface area contributed by atoms with Gasteiger partial charge in [0.15, 0.2) is 18.2 Å². The molecule has 0 aromatic carbocycles. The number of carbonyl (C=O) groups excluding carboxylic acids is 5. The fraction of sp³-hybridized carbons (Fsp3) is 0.821. The van der Waals surface area contributed by atoms with Crippen molar-refractivity contribution in [3.05, 3.63) is 0 Å². The molecule has 1 aliphatic heterocycles. The van der Waals surface area contributed by atoms with Crippen molar-refractivity contribution < 1.29 is 44.4 Å². The van der Waals surface area contributed by atoms with Gasteiger partial charge >= 0.3 is 6.03 Å². The van der Waals surface area contributed by atoms with E-state index in [0.29, 0.717) is 19.3 Å². The second-order valence-electron chi connectivity index (χ2n) is 13.9. The van der Waals surface area contributed by atoms with Crippen LogP contribution in [-0.2, 0) is 19.2 Å². The number of rotatable bonds is 8. The van der Waals surface area contributed by atoms with Crippen LogP contribution in [0.4, 0.5) is 4.79 Å². The monoisotopic (exact) mass is 550 g/mol. The van der Waals surface area contributed by atoms with Crippen molar-refractivity contribution in [1.29, 1.82) is 0 Å². The molecule has 9 unspecified atom stereocenters. The number of amides is 2. The van der Waals surface area contributed by atoms with E-state index in [1.165, 1.54) is 0 Å². The molecule has 11 nitrogen and oxygen atoms in total. The Morgan fingerprint density at radius 3 is 1.82 bits per heavy atom. The number of carbonyl (C=O) groups is 5. The minimum absolute atomic E-state index is 0.0383. The van der Waals surface area contributed by atoms with Crippen LogP contribution in [-0.4, -0.2) is 73.2 Å². The van der Waals surface area contributed by atoms with E-state index < -0.39 is 51.6 Å². The highest BCUT2D eigenvalue weighted by molar-refractivity contribution is 6.33. The second-order valence-corrected chi connectivity index (χ2v) is 13.9. The molecule has 3 aliphatic carbocycles. The number of nitrogens with one attached hydrogen (secondary N) is 2. The van der Waals surface area contributed by atoms with Gasteiger partial charge < -0.3 is 31.1 Å². The topological polar surface area (TPSA) is 190 Å². The molecule has 0 radical (unpaired) electrons. The molecule has 6 N–H and O–H groups in total. The number of hydrogen-bond donors (Lipinski definition) is 6. The van der Waals surface area contributed by atoms with E-state index in [9.17, 15) is 44.4 Å². The Morgan fingerprint density at radius 1 is 0.872 bits per heavy atom. The van der Waals surface area contributed by atoms with Crippen molar-refractivity contribution in [3.8, 4) is 0 Å². The van der Waals surface area contributed by atoms with E-state index in [1.54, 1.807) is 6.92 Å². The first kappa shape index (κ1) is 29.8. The van der Waals surface area contributed by atoms with E-state index in [1.807, 2.05) is 31.4 Å². The Bertz CT molecular complexity index is 1060. The van der Waals surface area contributed by atoms with Gasteiger partial charge in [0.2, 0.25) is 11.4 Å². The average Bonchev–Trinajstić information content (AvgIpc) is 3.24. The molecule has 0 aromatic heterocycles. The highest BCUT2D eigenvalue weighted by Gasteiger charge is 2.80. The molecule has 9 atom stereocenters. The SMILES string of the molecule is CC(C)CC(C1(C)CCC2C1C1C(CCC2(C)O)C1(C)C)C1(O)C(O)(C(=O)C=O)NC(=O)NC1(O)C(=O)C=O. The van der Waals surface area contributed by atoms with Crippen molar-refractivity contribution in [2.24, 2.45) is 46.3 Å². The number of hydrogen-bond acceptors (Lipinski definition) is 9. The molecule has 0 aromatic rings. The summed E-state index contributed by atoms with van der Waals surface area (Å²) >= 11 is 0. The van der Waals surface area contributed by atoms with E-state index in [2.05, 4.69) is 13.8 Å². The van der Waals surface area contributed by atoms with Crippen LogP contribution in [0.15, 0.2) is 0 Å². The molecule has 218 valence electrons. The molecule has 4 rings (SSSR count). The van der Waals surface area contributed by atoms with Crippen LogP contribution < -0.4 is 10.6 Å². The van der Waals surface area contributed by atoms with Crippen molar-refractivity contribution in [2.75, 3.05) is 0 Å². The normalized spacial score (nSPS) is 47.1. The summed E-state index contributed by atoms with van der Waals surface area (Å²) in [4.78, 5) is 62.0. The highest BCUT2D eigenvalue weighted by atomic mass is 16.4. The molecule has 4 aliphatic rings. The van der Waals surface area contributed by atoms with Crippen LogP contribution in [0.25, 0.3) is 0 Å². The maximum absolute atomic E-state index is 13.0. The first-order valence-electron chi connectivity index (χ1n) is 13.8. The van der Waals surface area contributed by atoms with Crippen LogP contribution in [0.2, 0.25) is 0 Å². The van der Waals surface area contributed by atoms with Crippen LogP contribution in [0, 0.1) is 46.3 Å². The molecular formula is C28H42N2O9. The number of Topliss-reactive ketones (excluding diaryl/α,β-unsaturated/α-hetero) is 2. The first-order chi connectivity index (χ1) is 17.8. The summed E-state index contributed by atoms with van der Waals surface area (Å²) in [7, 11) is 0. The van der Waals surface area contributed by atoms with Gasteiger partial charge in [0.25, 0.3) is 11.6 Å².